The monoisotopic (exact) mass is 204 g/mol. The molecule has 0 N–H and O–H groups in total. The molecule has 0 fully saturated rings. The molecule has 0 amide bonds. The van der Waals surface area contributed by atoms with E-state index in [9.17, 15) is 10.1 Å². The van der Waals surface area contributed by atoms with Gasteiger partial charge in [0.05, 0.1) is 0 Å². The van der Waals surface area contributed by atoms with Gasteiger partial charge in [0.1, 0.15) is 0 Å². The Morgan fingerprint density at radius 1 is 1.67 bits per heavy atom. The topological polar surface area (TPSA) is 55.5 Å². The quantitative estimate of drug-likeness (QED) is 0.398. The lowest BCUT2D eigenvalue weighted by atomic mass is 10.2. The maximum absolute atomic E-state index is 10.5. The fourth-order valence-electron chi connectivity index (χ4n) is 0.836. The van der Waals surface area contributed by atoms with Crippen molar-refractivity contribution in [1.82, 2.24) is 0 Å². The summed E-state index contributed by atoms with van der Waals surface area (Å²) in [5, 5.41) is 10.2. The smallest absolute Gasteiger partial charge is 0.263 e. The van der Waals surface area contributed by atoms with Gasteiger partial charge in [-0.05, 0) is 18.4 Å². The minimum absolute atomic E-state index is 0.278. The molecule has 0 spiro atoms. The van der Waals surface area contributed by atoms with Crippen molar-refractivity contribution in [2.24, 2.45) is 4.99 Å². The zero-order valence-corrected chi connectivity index (χ0v) is 8.05. The van der Waals surface area contributed by atoms with Crippen LogP contribution in [0.2, 0.25) is 0 Å². The highest BCUT2D eigenvalue weighted by Gasteiger charge is 2.29. The highest BCUT2D eigenvalue weighted by Crippen LogP contribution is 2.29. The van der Waals surface area contributed by atoms with E-state index in [0.717, 1.165) is 0 Å². The Labute approximate surface area is 78.1 Å². The minimum Gasteiger partial charge on any atom is -0.270 e. The van der Waals surface area contributed by atoms with Gasteiger partial charge in [0.2, 0.25) is 0 Å². The predicted octanol–water partition coefficient (Wildman–Crippen LogP) is 1.61. The van der Waals surface area contributed by atoms with E-state index in [1.807, 2.05) is 6.26 Å². The molecule has 2 atom stereocenters. The molecule has 0 saturated carbocycles. The molecule has 66 valence electrons. The SMILES string of the molecule is CSSC1N=CC=CC1[N+](=O)[O-]. The lowest BCUT2D eigenvalue weighted by Gasteiger charge is -2.14. The van der Waals surface area contributed by atoms with Crippen molar-refractivity contribution in [2.75, 3.05) is 6.26 Å². The third-order valence-electron chi connectivity index (χ3n) is 1.36. The average Bonchev–Trinajstić information content (AvgIpc) is 2.05. The number of nitro groups is 1. The fraction of sp³-hybridized carbons (Fsp3) is 0.500. The summed E-state index contributed by atoms with van der Waals surface area (Å²) >= 11 is 0. The summed E-state index contributed by atoms with van der Waals surface area (Å²) in [6.07, 6.45) is 6.68. The lowest BCUT2D eigenvalue weighted by Crippen LogP contribution is -2.29. The van der Waals surface area contributed by atoms with Gasteiger partial charge in [-0.1, -0.05) is 21.6 Å². The number of nitrogens with zero attached hydrogens (tertiary/aromatic N) is 2. The molecule has 0 aliphatic carbocycles. The van der Waals surface area contributed by atoms with Crippen molar-refractivity contribution in [3.05, 3.63) is 22.3 Å². The number of allylic oxidation sites excluding steroid dienone is 1. The molecule has 0 aromatic rings. The van der Waals surface area contributed by atoms with Crippen molar-refractivity contribution < 1.29 is 4.92 Å². The molecule has 1 heterocycles. The van der Waals surface area contributed by atoms with Crippen LogP contribution < -0.4 is 0 Å². The fourth-order valence-corrected chi connectivity index (χ4v) is 2.54. The number of rotatable bonds is 3. The molecule has 0 radical (unpaired) electrons. The van der Waals surface area contributed by atoms with Crippen LogP contribution >= 0.6 is 21.6 Å². The Morgan fingerprint density at radius 2 is 2.42 bits per heavy atom. The zero-order valence-electron chi connectivity index (χ0n) is 6.41. The van der Waals surface area contributed by atoms with Crippen LogP contribution in [0.4, 0.5) is 0 Å². The summed E-state index contributed by atoms with van der Waals surface area (Å²) in [7, 11) is 2.91. The summed E-state index contributed by atoms with van der Waals surface area (Å²) in [4.78, 5) is 14.2. The molecule has 0 saturated heterocycles. The van der Waals surface area contributed by atoms with E-state index < -0.39 is 6.04 Å². The van der Waals surface area contributed by atoms with Crippen LogP contribution in [0.3, 0.4) is 0 Å². The Kier molecular flexibility index (Phi) is 3.61. The van der Waals surface area contributed by atoms with E-state index in [1.54, 1.807) is 18.4 Å². The van der Waals surface area contributed by atoms with Gasteiger partial charge in [-0.3, -0.25) is 15.1 Å². The van der Waals surface area contributed by atoms with Gasteiger partial charge in [-0.15, -0.1) is 0 Å². The molecule has 2 unspecified atom stereocenters. The summed E-state index contributed by atoms with van der Waals surface area (Å²) < 4.78 is 0. The highest BCUT2D eigenvalue weighted by molar-refractivity contribution is 8.76. The highest BCUT2D eigenvalue weighted by atomic mass is 33.1. The summed E-state index contributed by atoms with van der Waals surface area (Å²) in [5.74, 6) is 0. The first-order valence-corrected chi connectivity index (χ1v) is 5.90. The lowest BCUT2D eigenvalue weighted by molar-refractivity contribution is -0.508. The summed E-state index contributed by atoms with van der Waals surface area (Å²) in [5.41, 5.74) is 0. The van der Waals surface area contributed by atoms with Gasteiger partial charge in [0.25, 0.3) is 6.04 Å². The number of hydrogen-bond donors (Lipinski definition) is 0. The molecule has 0 bridgehead atoms. The van der Waals surface area contributed by atoms with E-state index in [2.05, 4.69) is 4.99 Å². The maximum atomic E-state index is 10.5. The van der Waals surface area contributed by atoms with Crippen LogP contribution in [0.5, 0.6) is 0 Å². The molecule has 1 rings (SSSR count). The second kappa shape index (κ2) is 4.51. The van der Waals surface area contributed by atoms with E-state index in [-0.39, 0.29) is 10.3 Å². The molecule has 0 aromatic carbocycles. The van der Waals surface area contributed by atoms with E-state index in [1.165, 1.54) is 21.6 Å². The zero-order chi connectivity index (χ0) is 8.97. The van der Waals surface area contributed by atoms with E-state index in [0.29, 0.717) is 0 Å². The molecule has 0 aromatic heterocycles. The van der Waals surface area contributed by atoms with Gasteiger partial charge in [-0.2, -0.15) is 0 Å². The van der Waals surface area contributed by atoms with Gasteiger partial charge in [-0.25, -0.2) is 0 Å². The van der Waals surface area contributed by atoms with Crippen LogP contribution in [-0.4, -0.2) is 28.8 Å². The number of aliphatic imine (C=N–C) groups is 1. The van der Waals surface area contributed by atoms with Crippen LogP contribution in [0, 0.1) is 10.1 Å². The first-order valence-electron chi connectivity index (χ1n) is 3.28. The Morgan fingerprint density at radius 3 is 3.00 bits per heavy atom. The van der Waals surface area contributed by atoms with Crippen molar-refractivity contribution in [3.63, 3.8) is 0 Å². The van der Waals surface area contributed by atoms with Crippen LogP contribution in [0.15, 0.2) is 17.1 Å². The van der Waals surface area contributed by atoms with E-state index in [4.69, 9.17) is 0 Å². The van der Waals surface area contributed by atoms with Crippen molar-refractivity contribution in [2.45, 2.75) is 11.4 Å². The molecule has 1 aliphatic rings. The van der Waals surface area contributed by atoms with E-state index >= 15 is 0 Å². The first-order chi connectivity index (χ1) is 5.75. The standard InChI is InChI=1S/C6H8N2O2S2/c1-11-12-6-5(8(9)10)3-2-4-7-6/h2-6H,1H3. The van der Waals surface area contributed by atoms with Gasteiger partial charge < -0.3 is 0 Å². The Balaban J connectivity index is 2.64. The normalized spacial score (nSPS) is 27.4. The van der Waals surface area contributed by atoms with Gasteiger partial charge >= 0.3 is 0 Å². The minimum atomic E-state index is -0.674. The molecule has 4 nitrogen and oxygen atoms in total. The second-order valence-corrected chi connectivity index (χ2v) is 4.70. The van der Waals surface area contributed by atoms with Gasteiger partial charge in [0, 0.05) is 11.1 Å². The van der Waals surface area contributed by atoms with Crippen LogP contribution in [-0.2, 0) is 0 Å². The summed E-state index contributed by atoms with van der Waals surface area (Å²) in [6, 6.07) is -0.674. The Bertz CT molecular complexity index is 230. The first kappa shape index (κ1) is 9.60. The Hall–Kier alpha value is -0.490. The molecular weight excluding hydrogens is 196 g/mol. The molecule has 12 heavy (non-hydrogen) atoms. The van der Waals surface area contributed by atoms with Crippen molar-refractivity contribution in [3.8, 4) is 0 Å². The number of dihydropyridines is 1. The van der Waals surface area contributed by atoms with Crippen molar-refractivity contribution in [1.29, 1.82) is 0 Å². The second-order valence-electron chi connectivity index (χ2n) is 2.11. The third-order valence-corrected chi connectivity index (χ3v) is 3.32. The summed E-state index contributed by atoms with van der Waals surface area (Å²) in [6.45, 7) is 0. The van der Waals surface area contributed by atoms with Crippen LogP contribution in [0.1, 0.15) is 0 Å². The molecule has 1 aliphatic heterocycles. The van der Waals surface area contributed by atoms with Crippen LogP contribution in [0.25, 0.3) is 0 Å². The number of hydrogen-bond acceptors (Lipinski definition) is 5. The maximum Gasteiger partial charge on any atom is 0.263 e. The molecular formula is C6H8N2O2S2. The third kappa shape index (κ3) is 2.25. The van der Waals surface area contributed by atoms with Gasteiger partial charge in [0.15, 0.2) is 5.37 Å². The predicted molar refractivity (Wildman–Crippen MR) is 53.3 cm³/mol. The van der Waals surface area contributed by atoms with Crippen molar-refractivity contribution >= 4 is 27.8 Å². The average molecular weight is 204 g/mol. The molecule has 6 heteroatoms. The largest absolute Gasteiger partial charge is 0.270 e.